The quantitative estimate of drug-likeness (QED) is 0.0200. The van der Waals surface area contributed by atoms with Crippen LogP contribution in [-0.2, 0) is 28.6 Å². The second kappa shape index (κ2) is 49.5. The Kier molecular flexibility index (Phi) is 46.1. The lowest BCUT2D eigenvalue weighted by atomic mass is 10.1. The van der Waals surface area contributed by atoms with Gasteiger partial charge in [-0.05, 0) is 103 Å². The molecule has 0 fully saturated rings. The van der Waals surface area contributed by atoms with E-state index in [9.17, 15) is 14.4 Å². The van der Waals surface area contributed by atoms with Gasteiger partial charge in [-0.25, -0.2) is 0 Å². The summed E-state index contributed by atoms with van der Waals surface area (Å²) in [7, 11) is 0. The Hall–Kier alpha value is -4.19. The Morgan fingerprint density at radius 3 is 1.26 bits per heavy atom. The third-order valence-corrected chi connectivity index (χ3v) is 9.78. The third kappa shape index (κ3) is 46.9. The van der Waals surface area contributed by atoms with Gasteiger partial charge in [-0.3, -0.25) is 14.4 Å². The van der Waals surface area contributed by atoms with E-state index in [4.69, 9.17) is 14.2 Å². The second-order valence-corrected chi connectivity index (χ2v) is 15.7. The summed E-state index contributed by atoms with van der Waals surface area (Å²) >= 11 is 0. The van der Waals surface area contributed by atoms with Crippen molar-refractivity contribution in [1.82, 2.24) is 0 Å². The first-order valence-electron chi connectivity index (χ1n) is 24.6. The smallest absolute Gasteiger partial charge is 0.306 e. The molecule has 0 aromatic heterocycles. The van der Waals surface area contributed by atoms with E-state index in [0.717, 1.165) is 103 Å². The van der Waals surface area contributed by atoms with Gasteiger partial charge in [0.15, 0.2) is 6.10 Å². The molecule has 0 radical (unpaired) electrons. The molecule has 0 saturated heterocycles. The Labute approximate surface area is 380 Å². The van der Waals surface area contributed by atoms with Gasteiger partial charge in [-0.15, -0.1) is 0 Å². The van der Waals surface area contributed by atoms with E-state index in [1.165, 1.54) is 44.9 Å². The SMILES string of the molecule is CC\C=C/C=C\C=C/C=C\CCCCCC(=O)OCC(COC(=O)CCC/C=C\C/C=C\C/C=C\C/C=C\CCCCC)OC(=O)CCCCCCCCC/C=C\C/C=C\CC. The number of ether oxygens (including phenoxy) is 3. The zero-order valence-corrected chi connectivity index (χ0v) is 39.6. The molecule has 0 heterocycles. The first-order valence-corrected chi connectivity index (χ1v) is 24.6. The average molecular weight is 857 g/mol. The molecule has 0 saturated carbocycles. The summed E-state index contributed by atoms with van der Waals surface area (Å²) in [4.78, 5) is 37.9. The van der Waals surface area contributed by atoms with E-state index in [-0.39, 0.29) is 37.5 Å². The minimum absolute atomic E-state index is 0.123. The summed E-state index contributed by atoms with van der Waals surface area (Å²) in [6.45, 7) is 6.25. The summed E-state index contributed by atoms with van der Waals surface area (Å²) < 4.78 is 16.7. The molecule has 0 bridgehead atoms. The highest BCUT2D eigenvalue weighted by atomic mass is 16.6. The second-order valence-electron chi connectivity index (χ2n) is 15.7. The molecule has 0 aromatic rings. The average Bonchev–Trinajstić information content (AvgIpc) is 3.27. The van der Waals surface area contributed by atoms with Crippen LogP contribution in [-0.4, -0.2) is 37.2 Å². The number of hydrogen-bond acceptors (Lipinski definition) is 6. The minimum atomic E-state index is -0.823. The molecular formula is C56H88O6. The monoisotopic (exact) mass is 857 g/mol. The first kappa shape index (κ1) is 57.8. The topological polar surface area (TPSA) is 78.9 Å². The van der Waals surface area contributed by atoms with Crippen LogP contribution in [0.3, 0.4) is 0 Å². The van der Waals surface area contributed by atoms with E-state index in [2.05, 4.69) is 106 Å². The zero-order chi connectivity index (χ0) is 45.1. The zero-order valence-electron chi connectivity index (χ0n) is 39.6. The first-order chi connectivity index (χ1) is 30.5. The Balaban J connectivity index is 4.56. The number of hydrogen-bond donors (Lipinski definition) is 0. The summed E-state index contributed by atoms with van der Waals surface area (Å²) in [6.07, 6.45) is 67.6. The van der Waals surface area contributed by atoms with Gasteiger partial charge in [-0.1, -0.05) is 194 Å². The van der Waals surface area contributed by atoms with E-state index in [1.54, 1.807) is 0 Å². The van der Waals surface area contributed by atoms with E-state index in [1.807, 2.05) is 36.5 Å². The molecule has 0 aliphatic carbocycles. The van der Waals surface area contributed by atoms with Crippen LogP contribution in [0, 0.1) is 0 Å². The number of esters is 3. The third-order valence-electron chi connectivity index (χ3n) is 9.78. The highest BCUT2D eigenvalue weighted by molar-refractivity contribution is 5.71. The van der Waals surface area contributed by atoms with Crippen molar-refractivity contribution < 1.29 is 28.6 Å². The number of rotatable bonds is 42. The van der Waals surface area contributed by atoms with Crippen molar-refractivity contribution in [1.29, 1.82) is 0 Å². The van der Waals surface area contributed by atoms with Gasteiger partial charge in [0.05, 0.1) is 0 Å². The van der Waals surface area contributed by atoms with Gasteiger partial charge in [0.1, 0.15) is 13.2 Å². The molecule has 62 heavy (non-hydrogen) atoms. The van der Waals surface area contributed by atoms with E-state index in [0.29, 0.717) is 19.3 Å². The summed E-state index contributed by atoms with van der Waals surface area (Å²) in [5.41, 5.74) is 0. The van der Waals surface area contributed by atoms with Crippen molar-refractivity contribution in [3.05, 3.63) is 122 Å². The molecule has 0 aliphatic heterocycles. The highest BCUT2D eigenvalue weighted by Crippen LogP contribution is 2.12. The van der Waals surface area contributed by atoms with Gasteiger partial charge in [-0.2, -0.15) is 0 Å². The molecule has 0 aliphatic rings. The summed E-state index contributed by atoms with van der Waals surface area (Å²) in [6, 6.07) is 0. The van der Waals surface area contributed by atoms with Crippen molar-refractivity contribution in [2.45, 2.75) is 200 Å². The van der Waals surface area contributed by atoms with Gasteiger partial charge >= 0.3 is 17.9 Å². The lowest BCUT2D eigenvalue weighted by molar-refractivity contribution is -0.167. The van der Waals surface area contributed by atoms with Crippen molar-refractivity contribution in [3.63, 3.8) is 0 Å². The maximum absolute atomic E-state index is 12.8. The minimum Gasteiger partial charge on any atom is -0.462 e. The number of carbonyl (C=O) groups excluding carboxylic acids is 3. The number of unbranched alkanes of at least 4 members (excludes halogenated alkanes) is 14. The molecule has 1 unspecified atom stereocenters. The van der Waals surface area contributed by atoms with Crippen molar-refractivity contribution >= 4 is 17.9 Å². The van der Waals surface area contributed by atoms with E-state index < -0.39 is 6.10 Å². The van der Waals surface area contributed by atoms with Crippen LogP contribution >= 0.6 is 0 Å². The Morgan fingerprint density at radius 1 is 0.355 bits per heavy atom. The lowest BCUT2D eigenvalue weighted by Crippen LogP contribution is -2.30. The van der Waals surface area contributed by atoms with Crippen LogP contribution in [0.1, 0.15) is 194 Å². The highest BCUT2D eigenvalue weighted by Gasteiger charge is 2.19. The van der Waals surface area contributed by atoms with E-state index >= 15 is 0 Å². The standard InChI is InChI=1S/C56H88O6/c1-4-7-10-13-16-19-22-25-27-28-29-32-34-37-40-43-46-49-55(58)61-52-53(51-60-54(57)48-45-42-39-36-33-30-24-21-18-15-12-9-6-3)62-56(59)50-47-44-41-38-35-31-26-23-20-17-14-11-8-5-2/h8-9,11-12,15-21,24-25,27,29-30,32-33,37,40,53H,4-7,10,13-14,22-23,26,28,31,34-36,38-39,41-52H2,1-3H3/b11-8-,12-9-,18-15-,19-16-,20-17-,24-21-,27-25-,32-29-,33-30-,40-37-. The maximum atomic E-state index is 12.8. The molecule has 0 N–H and O–H groups in total. The van der Waals surface area contributed by atoms with Crippen molar-refractivity contribution in [2.75, 3.05) is 13.2 Å². The largest absolute Gasteiger partial charge is 0.462 e. The van der Waals surface area contributed by atoms with Gasteiger partial charge < -0.3 is 14.2 Å². The molecule has 1 atom stereocenters. The molecule has 0 spiro atoms. The van der Waals surface area contributed by atoms with Crippen LogP contribution in [0.15, 0.2) is 122 Å². The fourth-order valence-corrected chi connectivity index (χ4v) is 6.13. The normalized spacial score (nSPS) is 13.1. The predicted molar refractivity (Wildman–Crippen MR) is 265 cm³/mol. The van der Waals surface area contributed by atoms with Crippen LogP contribution in [0.2, 0.25) is 0 Å². The number of carbonyl (C=O) groups is 3. The number of allylic oxidation sites excluding steroid dienone is 20. The van der Waals surface area contributed by atoms with Crippen LogP contribution in [0.4, 0.5) is 0 Å². The van der Waals surface area contributed by atoms with Crippen molar-refractivity contribution in [3.8, 4) is 0 Å². The Bertz CT molecular complexity index is 1350. The molecule has 6 heteroatoms. The Morgan fingerprint density at radius 2 is 0.726 bits per heavy atom. The fourth-order valence-electron chi connectivity index (χ4n) is 6.13. The van der Waals surface area contributed by atoms with Crippen LogP contribution in [0.25, 0.3) is 0 Å². The van der Waals surface area contributed by atoms with Gasteiger partial charge in [0.25, 0.3) is 0 Å². The van der Waals surface area contributed by atoms with Gasteiger partial charge in [0, 0.05) is 19.3 Å². The summed E-state index contributed by atoms with van der Waals surface area (Å²) in [5.74, 6) is -1.03. The van der Waals surface area contributed by atoms with Crippen LogP contribution in [0.5, 0.6) is 0 Å². The summed E-state index contributed by atoms with van der Waals surface area (Å²) in [5, 5.41) is 0. The molecule has 0 aromatic carbocycles. The molecular weight excluding hydrogens is 769 g/mol. The molecule has 348 valence electrons. The van der Waals surface area contributed by atoms with Crippen molar-refractivity contribution in [2.24, 2.45) is 0 Å². The fraction of sp³-hybridized carbons (Fsp3) is 0.589. The maximum Gasteiger partial charge on any atom is 0.306 e. The molecule has 0 rings (SSSR count). The van der Waals surface area contributed by atoms with Crippen LogP contribution < -0.4 is 0 Å². The lowest BCUT2D eigenvalue weighted by Gasteiger charge is -2.18. The molecule has 0 amide bonds. The van der Waals surface area contributed by atoms with Gasteiger partial charge in [0.2, 0.25) is 0 Å². The predicted octanol–water partition coefficient (Wildman–Crippen LogP) is 16.1. The molecule has 6 nitrogen and oxygen atoms in total.